The summed E-state index contributed by atoms with van der Waals surface area (Å²) in [6, 6.07) is 9.42. The van der Waals surface area contributed by atoms with Crippen molar-refractivity contribution in [2.45, 2.75) is 30.9 Å². The Morgan fingerprint density at radius 2 is 1.88 bits per heavy atom. The highest BCUT2D eigenvalue weighted by Crippen LogP contribution is 2.35. The normalized spacial score (nSPS) is 21.0. The van der Waals surface area contributed by atoms with Crippen molar-refractivity contribution >= 4 is 0 Å². The first-order valence-electron chi connectivity index (χ1n) is 8.06. The summed E-state index contributed by atoms with van der Waals surface area (Å²) in [7, 11) is 1.89. The van der Waals surface area contributed by atoms with Crippen molar-refractivity contribution in [1.29, 1.82) is 0 Å². The number of hydrogen-bond donors (Lipinski definition) is 1. The Morgan fingerprint density at radius 3 is 2.54 bits per heavy atom. The second-order valence-electron chi connectivity index (χ2n) is 6.36. The number of benzene rings is 2. The summed E-state index contributed by atoms with van der Waals surface area (Å²) in [5, 5.41) is 10.9. The number of likely N-dealkylation sites (N-methyl/N-ethyl adjacent to an activating group) is 1. The largest absolute Gasteiger partial charge is 0.391 e. The molecule has 0 spiro atoms. The molecule has 0 bridgehead atoms. The molecule has 1 saturated heterocycles. The van der Waals surface area contributed by atoms with Crippen LogP contribution in [0.3, 0.4) is 0 Å². The second-order valence-corrected chi connectivity index (χ2v) is 6.36. The van der Waals surface area contributed by atoms with Crippen molar-refractivity contribution in [3.63, 3.8) is 0 Å². The molecule has 1 heterocycles. The fourth-order valence-electron chi connectivity index (χ4n) is 3.61. The van der Waals surface area contributed by atoms with E-state index in [4.69, 9.17) is 0 Å². The predicted molar refractivity (Wildman–Crippen MR) is 86.3 cm³/mol. The summed E-state index contributed by atoms with van der Waals surface area (Å²) >= 11 is 0. The highest BCUT2D eigenvalue weighted by Gasteiger charge is 2.36. The smallest absolute Gasteiger partial charge is 0.162 e. The van der Waals surface area contributed by atoms with Crippen molar-refractivity contribution < 1.29 is 18.3 Å². The number of nitrogens with zero attached hydrogens (tertiary/aromatic N) is 1. The zero-order valence-electron chi connectivity index (χ0n) is 13.4. The molecule has 1 aliphatic heterocycles. The van der Waals surface area contributed by atoms with Gasteiger partial charge in [0.15, 0.2) is 11.6 Å². The minimum atomic E-state index is -0.994. The lowest BCUT2D eigenvalue weighted by Crippen LogP contribution is -2.40. The van der Waals surface area contributed by atoms with E-state index in [0.717, 1.165) is 25.5 Å². The van der Waals surface area contributed by atoms with Gasteiger partial charge in [-0.15, -0.1) is 0 Å². The quantitative estimate of drug-likeness (QED) is 0.921. The zero-order valence-corrected chi connectivity index (χ0v) is 13.4. The Kier molecular flexibility index (Phi) is 4.92. The summed E-state index contributed by atoms with van der Waals surface area (Å²) < 4.78 is 41.8. The van der Waals surface area contributed by atoms with Gasteiger partial charge in [0.1, 0.15) is 5.82 Å². The third-order valence-corrected chi connectivity index (χ3v) is 4.84. The Labute approximate surface area is 139 Å². The summed E-state index contributed by atoms with van der Waals surface area (Å²) in [5.74, 6) is -3.27. The number of aliphatic hydroxyl groups is 1. The van der Waals surface area contributed by atoms with Gasteiger partial charge in [-0.2, -0.15) is 0 Å². The van der Waals surface area contributed by atoms with Gasteiger partial charge in [-0.05, 0) is 50.2 Å². The third kappa shape index (κ3) is 3.19. The first-order valence-corrected chi connectivity index (χ1v) is 8.06. The van der Waals surface area contributed by atoms with Gasteiger partial charge in [-0.3, -0.25) is 0 Å². The van der Waals surface area contributed by atoms with Crippen molar-refractivity contribution in [2.75, 3.05) is 13.6 Å². The van der Waals surface area contributed by atoms with Crippen LogP contribution in [0.4, 0.5) is 13.2 Å². The van der Waals surface area contributed by atoms with Crippen LogP contribution in [0.15, 0.2) is 42.5 Å². The van der Waals surface area contributed by atoms with Crippen molar-refractivity contribution in [3.8, 4) is 0 Å². The van der Waals surface area contributed by atoms with Crippen LogP contribution >= 0.6 is 0 Å². The molecule has 2 aromatic rings. The van der Waals surface area contributed by atoms with Gasteiger partial charge in [0, 0.05) is 17.5 Å². The topological polar surface area (TPSA) is 23.5 Å². The van der Waals surface area contributed by atoms with Crippen LogP contribution in [0.2, 0.25) is 0 Å². The second kappa shape index (κ2) is 6.95. The Bertz CT molecular complexity index is 722. The lowest BCUT2D eigenvalue weighted by Gasteiger charge is -2.32. The van der Waals surface area contributed by atoms with E-state index in [0.29, 0.717) is 5.56 Å². The minimum Gasteiger partial charge on any atom is -0.391 e. The fraction of sp³-hybridized carbons (Fsp3) is 0.368. The molecule has 5 heteroatoms. The fourth-order valence-corrected chi connectivity index (χ4v) is 3.61. The number of rotatable bonds is 4. The number of aliphatic hydroxyl groups excluding tert-OH is 1. The molecule has 0 unspecified atom stereocenters. The highest BCUT2D eigenvalue weighted by atomic mass is 19.2. The van der Waals surface area contributed by atoms with E-state index in [1.807, 2.05) is 11.9 Å². The van der Waals surface area contributed by atoms with Crippen LogP contribution < -0.4 is 0 Å². The number of likely N-dealkylation sites (tertiary alicyclic amines) is 1. The van der Waals surface area contributed by atoms with Crippen LogP contribution in [-0.2, 0) is 0 Å². The van der Waals surface area contributed by atoms with E-state index in [9.17, 15) is 18.3 Å². The van der Waals surface area contributed by atoms with Gasteiger partial charge in [-0.1, -0.05) is 24.3 Å². The summed E-state index contributed by atoms with van der Waals surface area (Å²) in [5.41, 5.74) is 0.487. The van der Waals surface area contributed by atoms with Gasteiger partial charge in [0.25, 0.3) is 0 Å². The van der Waals surface area contributed by atoms with Crippen molar-refractivity contribution in [1.82, 2.24) is 4.90 Å². The molecular weight excluding hydrogens is 315 g/mol. The molecule has 2 aromatic carbocycles. The average Bonchev–Trinajstić information content (AvgIpc) is 2.98. The number of halogens is 3. The van der Waals surface area contributed by atoms with Crippen LogP contribution in [0, 0.1) is 17.5 Å². The van der Waals surface area contributed by atoms with Crippen LogP contribution in [-0.4, -0.2) is 35.7 Å². The molecule has 2 nitrogen and oxygen atoms in total. The van der Waals surface area contributed by atoms with E-state index < -0.39 is 29.5 Å². The van der Waals surface area contributed by atoms with Gasteiger partial charge in [-0.25, -0.2) is 13.2 Å². The van der Waals surface area contributed by atoms with Crippen LogP contribution in [0.5, 0.6) is 0 Å². The van der Waals surface area contributed by atoms with E-state index in [1.54, 1.807) is 6.07 Å². The molecule has 0 aromatic heterocycles. The van der Waals surface area contributed by atoms with E-state index in [1.165, 1.54) is 30.3 Å². The molecule has 0 saturated carbocycles. The predicted octanol–water partition coefficient (Wildman–Crippen LogP) is 3.69. The molecule has 0 radical (unpaired) electrons. The van der Waals surface area contributed by atoms with Gasteiger partial charge < -0.3 is 10.0 Å². The lowest BCUT2D eigenvalue weighted by molar-refractivity contribution is 0.0712. The first-order chi connectivity index (χ1) is 11.5. The maximum absolute atomic E-state index is 14.4. The molecule has 3 rings (SSSR count). The van der Waals surface area contributed by atoms with Crippen LogP contribution in [0.1, 0.15) is 29.9 Å². The summed E-state index contributed by atoms with van der Waals surface area (Å²) in [6.45, 7) is 0.837. The molecule has 1 N–H and O–H groups in total. The zero-order chi connectivity index (χ0) is 17.3. The molecule has 24 heavy (non-hydrogen) atoms. The lowest BCUT2D eigenvalue weighted by atomic mass is 9.82. The van der Waals surface area contributed by atoms with Gasteiger partial charge in [0.05, 0.1) is 6.10 Å². The molecular formula is C19H20F3NO. The van der Waals surface area contributed by atoms with Crippen molar-refractivity contribution in [2.24, 2.45) is 0 Å². The summed E-state index contributed by atoms with van der Waals surface area (Å²) in [4.78, 5) is 2.01. The monoisotopic (exact) mass is 335 g/mol. The molecule has 0 amide bonds. The molecule has 3 atom stereocenters. The Morgan fingerprint density at radius 1 is 1.12 bits per heavy atom. The third-order valence-electron chi connectivity index (χ3n) is 4.84. The maximum atomic E-state index is 14.4. The summed E-state index contributed by atoms with van der Waals surface area (Å²) in [6.07, 6.45) is 0.732. The average molecular weight is 335 g/mol. The molecule has 1 aliphatic rings. The molecule has 128 valence electrons. The van der Waals surface area contributed by atoms with E-state index in [-0.39, 0.29) is 11.6 Å². The van der Waals surface area contributed by atoms with Gasteiger partial charge in [0.2, 0.25) is 0 Å². The molecule has 1 fully saturated rings. The van der Waals surface area contributed by atoms with E-state index >= 15 is 0 Å². The number of hydrogen-bond acceptors (Lipinski definition) is 2. The highest BCUT2D eigenvalue weighted by molar-refractivity contribution is 5.36. The Hall–Kier alpha value is -1.85. The standard InChI is InChI=1S/C19H20F3NO/c1-23-10-4-9-16(23)19(24)17(12-5-2-6-13(20)11-12)14-7-3-8-15(21)18(14)22/h2-3,5-8,11,16-17,19,24H,4,9-10H2,1H3/t16-,17-,19+/m1/s1. The Balaban J connectivity index is 2.08. The van der Waals surface area contributed by atoms with Crippen LogP contribution in [0.25, 0.3) is 0 Å². The SMILES string of the molecule is CN1CCC[C@@H]1[C@H](O)[C@H](c1cccc(F)c1)c1cccc(F)c1F. The molecule has 0 aliphatic carbocycles. The first kappa shape index (κ1) is 17.0. The van der Waals surface area contributed by atoms with Gasteiger partial charge >= 0.3 is 0 Å². The maximum Gasteiger partial charge on any atom is 0.162 e. The minimum absolute atomic E-state index is 0.0494. The van der Waals surface area contributed by atoms with E-state index in [2.05, 4.69) is 0 Å². The van der Waals surface area contributed by atoms with Crippen molar-refractivity contribution in [3.05, 3.63) is 71.0 Å².